The Kier molecular flexibility index (Phi) is 3.01. The normalized spacial score (nSPS) is 10.7. The Balaban J connectivity index is 2.72. The number of benzene rings is 1. The number of aromatic nitrogens is 2. The van der Waals surface area contributed by atoms with Crippen molar-refractivity contribution in [2.45, 2.75) is 13.5 Å². The zero-order valence-corrected chi connectivity index (χ0v) is 9.74. The largest absolute Gasteiger partial charge is 0.494 e. The molecule has 0 amide bonds. The number of ether oxygens (including phenoxy) is 1. The molecule has 1 heterocycles. The Morgan fingerprint density at radius 1 is 1.31 bits per heavy atom. The summed E-state index contributed by atoms with van der Waals surface area (Å²) in [5.41, 5.74) is 1.88. The molecule has 16 heavy (non-hydrogen) atoms. The van der Waals surface area contributed by atoms with Gasteiger partial charge in [0.2, 0.25) is 0 Å². The lowest BCUT2D eigenvalue weighted by molar-refractivity contribution is 0.418. The van der Waals surface area contributed by atoms with E-state index < -0.39 is 0 Å². The lowest BCUT2D eigenvalue weighted by atomic mass is 10.1. The average molecular weight is 217 g/mol. The van der Waals surface area contributed by atoms with Gasteiger partial charge in [0, 0.05) is 11.9 Å². The van der Waals surface area contributed by atoms with Crippen molar-refractivity contribution in [3.8, 4) is 5.75 Å². The van der Waals surface area contributed by atoms with E-state index in [4.69, 9.17) is 4.74 Å². The fourth-order valence-electron chi connectivity index (χ4n) is 1.78. The van der Waals surface area contributed by atoms with Gasteiger partial charge in [-0.2, -0.15) is 0 Å². The number of hydrogen-bond acceptors (Lipinski definition) is 4. The molecule has 0 radical (unpaired) electrons. The second-order valence-corrected chi connectivity index (χ2v) is 3.60. The van der Waals surface area contributed by atoms with Crippen molar-refractivity contribution < 1.29 is 4.74 Å². The number of methoxy groups -OCH3 is 1. The lowest BCUT2D eigenvalue weighted by Gasteiger charge is -2.09. The van der Waals surface area contributed by atoms with Crippen LogP contribution in [0.15, 0.2) is 18.2 Å². The zero-order valence-electron chi connectivity index (χ0n) is 9.74. The van der Waals surface area contributed by atoms with Crippen molar-refractivity contribution in [2.24, 2.45) is 0 Å². The molecule has 2 aromatic rings. The monoisotopic (exact) mass is 217 g/mol. The molecule has 0 aliphatic rings. The van der Waals surface area contributed by atoms with E-state index in [1.807, 2.05) is 32.2 Å². The third-order valence-electron chi connectivity index (χ3n) is 2.44. The van der Waals surface area contributed by atoms with E-state index in [1.54, 1.807) is 7.11 Å². The van der Waals surface area contributed by atoms with Crippen LogP contribution in [0.3, 0.4) is 0 Å². The molecule has 0 aliphatic heterocycles. The molecule has 2 rings (SSSR count). The number of hydrogen-bond donors (Lipinski definition) is 1. The van der Waals surface area contributed by atoms with Gasteiger partial charge in [-0.1, -0.05) is 12.1 Å². The van der Waals surface area contributed by atoms with Gasteiger partial charge in [-0.05, 0) is 20.0 Å². The fraction of sp³-hybridized carbons (Fsp3) is 0.333. The maximum Gasteiger partial charge on any atom is 0.145 e. The Morgan fingerprint density at radius 3 is 2.81 bits per heavy atom. The van der Waals surface area contributed by atoms with Gasteiger partial charge < -0.3 is 10.1 Å². The molecular weight excluding hydrogens is 202 g/mol. The second-order valence-electron chi connectivity index (χ2n) is 3.60. The third kappa shape index (κ3) is 1.84. The van der Waals surface area contributed by atoms with Crippen molar-refractivity contribution in [1.82, 2.24) is 15.3 Å². The summed E-state index contributed by atoms with van der Waals surface area (Å²) in [7, 11) is 3.56. The van der Waals surface area contributed by atoms with E-state index in [0.29, 0.717) is 0 Å². The third-order valence-corrected chi connectivity index (χ3v) is 2.44. The molecule has 0 spiro atoms. The number of fused-ring (bicyclic) bond motifs is 1. The topological polar surface area (TPSA) is 47.0 Å². The molecule has 4 nitrogen and oxygen atoms in total. The minimum atomic E-state index is 0.729. The van der Waals surface area contributed by atoms with E-state index >= 15 is 0 Å². The number of para-hydroxylation sites is 1. The summed E-state index contributed by atoms with van der Waals surface area (Å²) in [5, 5.41) is 4.15. The number of nitrogens with zero attached hydrogens (tertiary/aromatic N) is 2. The van der Waals surface area contributed by atoms with E-state index in [-0.39, 0.29) is 0 Å². The van der Waals surface area contributed by atoms with Crippen molar-refractivity contribution in [3.63, 3.8) is 0 Å². The minimum absolute atomic E-state index is 0.729. The Bertz CT molecular complexity index is 511. The molecule has 84 valence electrons. The smallest absolute Gasteiger partial charge is 0.145 e. The predicted molar refractivity (Wildman–Crippen MR) is 63.6 cm³/mol. The molecule has 1 aromatic heterocycles. The maximum absolute atomic E-state index is 5.30. The first kappa shape index (κ1) is 10.8. The average Bonchev–Trinajstić information content (AvgIpc) is 2.28. The molecule has 0 unspecified atom stereocenters. The van der Waals surface area contributed by atoms with E-state index in [9.17, 15) is 0 Å². The first-order valence-corrected chi connectivity index (χ1v) is 5.21. The van der Waals surface area contributed by atoms with Gasteiger partial charge >= 0.3 is 0 Å². The van der Waals surface area contributed by atoms with Crippen LogP contribution in [0.25, 0.3) is 10.9 Å². The number of aryl methyl sites for hydroxylation is 1. The number of nitrogens with one attached hydrogen (secondary N) is 1. The van der Waals surface area contributed by atoms with Gasteiger partial charge in [-0.25, -0.2) is 9.97 Å². The van der Waals surface area contributed by atoms with E-state index in [0.717, 1.165) is 34.7 Å². The highest BCUT2D eigenvalue weighted by atomic mass is 16.5. The Hall–Kier alpha value is -1.68. The van der Waals surface area contributed by atoms with Crippen molar-refractivity contribution in [1.29, 1.82) is 0 Å². The van der Waals surface area contributed by atoms with Crippen LogP contribution in [0.2, 0.25) is 0 Å². The van der Waals surface area contributed by atoms with Gasteiger partial charge in [0.25, 0.3) is 0 Å². The number of rotatable bonds is 3. The highest BCUT2D eigenvalue weighted by Crippen LogP contribution is 2.25. The molecule has 0 aliphatic carbocycles. The van der Waals surface area contributed by atoms with Crippen molar-refractivity contribution in [2.75, 3.05) is 14.2 Å². The molecule has 4 heteroatoms. The van der Waals surface area contributed by atoms with Crippen LogP contribution in [0.1, 0.15) is 11.5 Å². The minimum Gasteiger partial charge on any atom is -0.494 e. The van der Waals surface area contributed by atoms with Crippen LogP contribution in [0.4, 0.5) is 0 Å². The molecule has 0 saturated carbocycles. The van der Waals surface area contributed by atoms with Crippen LogP contribution in [0.5, 0.6) is 5.75 Å². The molecule has 0 bridgehead atoms. The summed E-state index contributed by atoms with van der Waals surface area (Å²) in [6.45, 7) is 2.62. The standard InChI is InChI=1S/C12H15N3O/c1-8-14-10(7-13-2)9-5-4-6-11(16-3)12(9)15-8/h4-6,13H,7H2,1-3H3. The summed E-state index contributed by atoms with van der Waals surface area (Å²) in [6.07, 6.45) is 0. The first-order valence-electron chi connectivity index (χ1n) is 5.21. The summed E-state index contributed by atoms with van der Waals surface area (Å²) in [5.74, 6) is 1.56. The molecule has 0 fully saturated rings. The van der Waals surface area contributed by atoms with Gasteiger partial charge in [-0.15, -0.1) is 0 Å². The van der Waals surface area contributed by atoms with Crippen LogP contribution < -0.4 is 10.1 Å². The summed E-state index contributed by atoms with van der Waals surface area (Å²) in [6, 6.07) is 5.89. The summed E-state index contributed by atoms with van der Waals surface area (Å²) in [4.78, 5) is 8.86. The Morgan fingerprint density at radius 2 is 2.12 bits per heavy atom. The van der Waals surface area contributed by atoms with Gasteiger partial charge in [0.1, 0.15) is 17.1 Å². The highest BCUT2D eigenvalue weighted by Gasteiger charge is 2.08. The molecule has 1 aromatic carbocycles. The molecule has 0 atom stereocenters. The van der Waals surface area contributed by atoms with Crippen molar-refractivity contribution >= 4 is 10.9 Å². The van der Waals surface area contributed by atoms with Crippen molar-refractivity contribution in [3.05, 3.63) is 29.7 Å². The van der Waals surface area contributed by atoms with Crippen LogP contribution in [-0.2, 0) is 6.54 Å². The fourth-order valence-corrected chi connectivity index (χ4v) is 1.78. The molecule has 0 saturated heterocycles. The Labute approximate surface area is 94.7 Å². The molecule has 1 N–H and O–H groups in total. The van der Waals surface area contributed by atoms with Crippen LogP contribution >= 0.6 is 0 Å². The first-order chi connectivity index (χ1) is 7.76. The van der Waals surface area contributed by atoms with Gasteiger partial charge in [0.15, 0.2) is 0 Å². The van der Waals surface area contributed by atoms with E-state index in [1.165, 1.54) is 0 Å². The summed E-state index contributed by atoms with van der Waals surface area (Å²) >= 11 is 0. The van der Waals surface area contributed by atoms with Gasteiger partial charge in [0.05, 0.1) is 12.8 Å². The lowest BCUT2D eigenvalue weighted by Crippen LogP contribution is -2.09. The highest BCUT2D eigenvalue weighted by molar-refractivity contribution is 5.86. The van der Waals surface area contributed by atoms with Gasteiger partial charge in [-0.3, -0.25) is 0 Å². The summed E-state index contributed by atoms with van der Waals surface area (Å²) < 4.78 is 5.30. The van der Waals surface area contributed by atoms with Crippen LogP contribution in [-0.4, -0.2) is 24.1 Å². The maximum atomic E-state index is 5.30. The second kappa shape index (κ2) is 4.45. The van der Waals surface area contributed by atoms with Crippen LogP contribution in [0, 0.1) is 6.92 Å². The molecular formula is C12H15N3O. The predicted octanol–water partition coefficient (Wildman–Crippen LogP) is 1.67. The quantitative estimate of drug-likeness (QED) is 0.849. The SMILES string of the molecule is CNCc1nc(C)nc2c(OC)cccc12. The van der Waals surface area contributed by atoms with E-state index in [2.05, 4.69) is 15.3 Å². The zero-order chi connectivity index (χ0) is 11.5.